The van der Waals surface area contributed by atoms with Crippen molar-refractivity contribution in [2.24, 2.45) is 0 Å². The molecule has 2 atom stereocenters. The highest BCUT2D eigenvalue weighted by atomic mass is 16.6. The zero-order chi connectivity index (χ0) is 36.4. The van der Waals surface area contributed by atoms with E-state index in [0.717, 1.165) is 47.2 Å². The molecule has 0 saturated heterocycles. The van der Waals surface area contributed by atoms with Crippen LogP contribution in [0.1, 0.15) is 39.5 Å². The van der Waals surface area contributed by atoms with E-state index in [4.69, 9.17) is 28.4 Å². The number of para-hydroxylation sites is 2. The maximum absolute atomic E-state index is 12.9. The highest BCUT2D eigenvalue weighted by Gasteiger charge is 2.22. The van der Waals surface area contributed by atoms with Gasteiger partial charge in [-0.1, -0.05) is 112 Å². The van der Waals surface area contributed by atoms with E-state index in [-0.39, 0.29) is 26.4 Å². The number of benzene rings is 5. The first kappa shape index (κ1) is 37.9. The molecule has 52 heavy (non-hydrogen) atoms. The number of carbonyl (C=O) groups excluding carboxylic acids is 2. The van der Waals surface area contributed by atoms with Gasteiger partial charge in [0, 0.05) is 46.1 Å². The molecule has 0 bridgehead atoms. The number of carbonyl (C=O) groups is 2. The second-order valence-corrected chi connectivity index (χ2v) is 12.3. The highest BCUT2D eigenvalue weighted by Crippen LogP contribution is 2.43. The number of ether oxygens (including phenoxy) is 6. The number of amides is 2. The van der Waals surface area contributed by atoms with Gasteiger partial charge in [0.1, 0.15) is 24.7 Å². The zero-order valence-electron chi connectivity index (χ0n) is 29.9. The fourth-order valence-electron chi connectivity index (χ4n) is 5.51. The molecule has 0 aromatic heterocycles. The van der Waals surface area contributed by atoms with E-state index < -0.39 is 24.4 Å². The summed E-state index contributed by atoms with van der Waals surface area (Å²) in [5.41, 5.74) is 1.26. The molecule has 0 fully saturated rings. The summed E-state index contributed by atoms with van der Waals surface area (Å²) in [4.78, 5) is 25.7. The van der Waals surface area contributed by atoms with E-state index in [1.807, 2.05) is 84.9 Å². The molecule has 2 amide bonds. The minimum absolute atomic E-state index is 0.0596. The molecule has 2 unspecified atom stereocenters. The van der Waals surface area contributed by atoms with E-state index in [2.05, 4.69) is 24.5 Å². The predicted octanol–water partition coefficient (Wildman–Crippen LogP) is 9.62. The maximum atomic E-state index is 12.9. The van der Waals surface area contributed by atoms with Crippen molar-refractivity contribution >= 4 is 45.1 Å². The van der Waals surface area contributed by atoms with Crippen molar-refractivity contribution in [1.29, 1.82) is 0 Å². The summed E-state index contributed by atoms with van der Waals surface area (Å²) in [6.07, 6.45) is 1.23. The number of anilines is 2. The van der Waals surface area contributed by atoms with Gasteiger partial charge in [-0.25, -0.2) is 9.59 Å². The second-order valence-electron chi connectivity index (χ2n) is 12.3. The summed E-state index contributed by atoms with van der Waals surface area (Å²) < 4.78 is 36.4. The Balaban J connectivity index is 1.36. The molecule has 274 valence electrons. The van der Waals surface area contributed by atoms with Gasteiger partial charge in [-0.2, -0.15) is 0 Å². The number of unbranched alkanes of at least 4 members (excludes halogenated alkanes) is 2. The summed E-state index contributed by atoms with van der Waals surface area (Å²) in [7, 11) is 0. The lowest BCUT2D eigenvalue weighted by Gasteiger charge is -2.23. The summed E-state index contributed by atoms with van der Waals surface area (Å²) in [6, 6.07) is 33.9. The average molecular weight is 709 g/mol. The van der Waals surface area contributed by atoms with E-state index >= 15 is 0 Å². The smallest absolute Gasteiger partial charge is 0.412 e. The van der Waals surface area contributed by atoms with Crippen LogP contribution in [0.4, 0.5) is 21.0 Å². The van der Waals surface area contributed by atoms with Gasteiger partial charge in [0.25, 0.3) is 0 Å². The minimum Gasteiger partial charge on any atom is -0.488 e. The summed E-state index contributed by atoms with van der Waals surface area (Å²) >= 11 is 0. The second kappa shape index (κ2) is 20.5. The molecule has 10 nitrogen and oxygen atoms in total. The van der Waals surface area contributed by atoms with Crippen LogP contribution in [0.3, 0.4) is 0 Å². The molecule has 0 saturated carbocycles. The van der Waals surface area contributed by atoms with Crippen LogP contribution in [-0.4, -0.2) is 64.0 Å². The standard InChI is InChI=1S/C42H48N2O8/c1-3-5-25-47-27-33(51-41(45)43-31-17-9-7-10-18-31)29-49-39-35-21-13-15-23-37(35)40(38-24-16-14-22-36(38)39)50-30-34(28-48-26-6-4-2)52-42(46)44-32-19-11-8-12-20-32/h7-24,33-34H,3-6,25-30H2,1-2H3,(H,43,45)(H,44,46). The van der Waals surface area contributed by atoms with Crippen LogP contribution in [-0.2, 0) is 18.9 Å². The van der Waals surface area contributed by atoms with Crippen LogP contribution < -0.4 is 20.1 Å². The fraction of sp³-hybridized carbons (Fsp3) is 0.333. The van der Waals surface area contributed by atoms with Gasteiger partial charge in [-0.05, 0) is 37.1 Å². The molecule has 10 heteroatoms. The summed E-state index contributed by atoms with van der Waals surface area (Å²) in [5, 5.41) is 8.80. The monoisotopic (exact) mass is 708 g/mol. The van der Waals surface area contributed by atoms with Crippen molar-refractivity contribution in [2.45, 2.75) is 51.7 Å². The number of hydrogen-bond acceptors (Lipinski definition) is 8. The SMILES string of the molecule is CCCCOCC(COc1c2ccccc2c(OCC(COCCCC)OC(=O)Nc2ccccc2)c2ccccc12)OC(=O)Nc1ccccc1. The van der Waals surface area contributed by atoms with E-state index in [0.29, 0.717) is 36.1 Å². The Morgan fingerprint density at radius 3 is 1.19 bits per heavy atom. The first-order valence-corrected chi connectivity index (χ1v) is 18.0. The highest BCUT2D eigenvalue weighted by molar-refractivity contribution is 6.11. The van der Waals surface area contributed by atoms with Crippen LogP contribution in [0, 0.1) is 0 Å². The Hall–Kier alpha value is -5.32. The Morgan fingerprint density at radius 2 is 0.846 bits per heavy atom. The number of rotatable bonds is 20. The molecule has 0 aliphatic rings. The Labute approximate surface area is 305 Å². The van der Waals surface area contributed by atoms with Gasteiger partial charge in [0.2, 0.25) is 0 Å². The first-order valence-electron chi connectivity index (χ1n) is 18.0. The normalized spacial score (nSPS) is 12.2. The summed E-state index contributed by atoms with van der Waals surface area (Å²) in [6.45, 7) is 5.77. The number of nitrogens with one attached hydrogen (secondary N) is 2. The van der Waals surface area contributed by atoms with Gasteiger partial charge >= 0.3 is 12.2 Å². The van der Waals surface area contributed by atoms with Crippen LogP contribution in [0.5, 0.6) is 11.5 Å². The molecule has 2 N–H and O–H groups in total. The summed E-state index contributed by atoms with van der Waals surface area (Å²) in [5.74, 6) is 1.25. The Kier molecular flexibility index (Phi) is 15.0. The fourth-order valence-corrected chi connectivity index (χ4v) is 5.51. The maximum Gasteiger partial charge on any atom is 0.412 e. The van der Waals surface area contributed by atoms with E-state index in [1.165, 1.54) is 0 Å². The largest absolute Gasteiger partial charge is 0.488 e. The lowest BCUT2D eigenvalue weighted by atomic mass is 10.0. The average Bonchev–Trinajstić information content (AvgIpc) is 3.16. The predicted molar refractivity (Wildman–Crippen MR) is 205 cm³/mol. The third kappa shape index (κ3) is 11.3. The van der Waals surface area contributed by atoms with Crippen molar-refractivity contribution in [2.75, 3.05) is 50.3 Å². The van der Waals surface area contributed by atoms with Crippen molar-refractivity contribution < 1.29 is 38.0 Å². The van der Waals surface area contributed by atoms with Gasteiger partial charge in [-0.15, -0.1) is 0 Å². The minimum atomic E-state index is -0.679. The first-order chi connectivity index (χ1) is 25.6. The van der Waals surface area contributed by atoms with Crippen LogP contribution in [0.2, 0.25) is 0 Å². The Morgan fingerprint density at radius 1 is 0.500 bits per heavy atom. The number of hydrogen-bond donors (Lipinski definition) is 2. The van der Waals surface area contributed by atoms with Crippen LogP contribution >= 0.6 is 0 Å². The molecule has 0 radical (unpaired) electrons. The van der Waals surface area contributed by atoms with Gasteiger partial charge in [0.15, 0.2) is 12.2 Å². The van der Waals surface area contributed by atoms with E-state index in [1.54, 1.807) is 24.3 Å². The molecule has 5 aromatic carbocycles. The van der Waals surface area contributed by atoms with E-state index in [9.17, 15) is 9.59 Å². The third-order valence-electron chi connectivity index (χ3n) is 8.14. The lowest BCUT2D eigenvalue weighted by Crippen LogP contribution is -2.32. The molecule has 5 aromatic rings. The van der Waals surface area contributed by atoms with Crippen molar-refractivity contribution in [1.82, 2.24) is 0 Å². The lowest BCUT2D eigenvalue weighted by molar-refractivity contribution is 0.00244. The third-order valence-corrected chi connectivity index (χ3v) is 8.14. The van der Waals surface area contributed by atoms with Gasteiger partial charge in [0.05, 0.1) is 13.2 Å². The molecule has 0 spiro atoms. The van der Waals surface area contributed by atoms with Crippen molar-refractivity contribution in [3.8, 4) is 11.5 Å². The molecule has 0 heterocycles. The molecular weight excluding hydrogens is 660 g/mol. The zero-order valence-corrected chi connectivity index (χ0v) is 29.9. The Bertz CT molecular complexity index is 1650. The van der Waals surface area contributed by atoms with Gasteiger partial charge < -0.3 is 28.4 Å². The van der Waals surface area contributed by atoms with Crippen LogP contribution in [0.25, 0.3) is 21.5 Å². The molecular formula is C42H48N2O8. The number of fused-ring (bicyclic) bond motifs is 2. The quantitative estimate of drug-likeness (QED) is 0.0607. The topological polar surface area (TPSA) is 114 Å². The van der Waals surface area contributed by atoms with Crippen molar-refractivity contribution in [3.05, 3.63) is 109 Å². The molecule has 0 aliphatic carbocycles. The van der Waals surface area contributed by atoms with Gasteiger partial charge in [-0.3, -0.25) is 10.6 Å². The van der Waals surface area contributed by atoms with Crippen LogP contribution in [0.15, 0.2) is 109 Å². The van der Waals surface area contributed by atoms with Crippen molar-refractivity contribution in [3.63, 3.8) is 0 Å². The molecule has 0 aliphatic heterocycles. The molecule has 5 rings (SSSR count).